The van der Waals surface area contributed by atoms with Crippen LogP contribution < -0.4 is 10.1 Å². The number of pyridine rings is 1. The quantitative estimate of drug-likeness (QED) is 0.381. The molecule has 184 valence electrons. The fourth-order valence-electron chi connectivity index (χ4n) is 4.37. The van der Waals surface area contributed by atoms with Gasteiger partial charge in [-0.15, -0.1) is 0 Å². The predicted octanol–water partition coefficient (Wildman–Crippen LogP) is 3.84. The number of fused-ring (bicyclic) bond motifs is 5. The van der Waals surface area contributed by atoms with Crippen molar-refractivity contribution in [2.24, 2.45) is 14.1 Å². The lowest BCUT2D eigenvalue weighted by atomic mass is 10.2. The van der Waals surface area contributed by atoms with E-state index in [0.29, 0.717) is 29.9 Å². The molecule has 0 saturated carbocycles. The second kappa shape index (κ2) is 9.25. The van der Waals surface area contributed by atoms with Crippen molar-refractivity contribution in [3.05, 3.63) is 48.5 Å². The maximum Gasteiger partial charge on any atom is 0.222 e. The monoisotopic (exact) mass is 485 g/mol. The highest BCUT2D eigenvalue weighted by atomic mass is 16.5. The molecular weight excluding hydrogens is 458 g/mol. The number of carbonyl (C=O) groups is 1. The molecule has 1 N–H and O–H groups in total. The van der Waals surface area contributed by atoms with Gasteiger partial charge in [-0.3, -0.25) is 4.68 Å². The number of ether oxygens (including phenoxy) is 1. The lowest BCUT2D eigenvalue weighted by molar-refractivity contribution is -0.0979. The van der Waals surface area contributed by atoms with Crippen LogP contribution in [-0.2, 0) is 18.9 Å². The summed E-state index contributed by atoms with van der Waals surface area (Å²) in [7, 11) is 3.91. The molecule has 36 heavy (non-hydrogen) atoms. The second-order valence-electron chi connectivity index (χ2n) is 8.66. The molecule has 0 amide bonds. The standard InChI is InChI=1S/C24H25N9O.CH2O/c1-14-5-6-18(31(14)3)22-16-12-26-21-11-19(16)33(30-22)15(2)8-10-34-24-17(13-27-32(24)4)23-25-9-7-20(28-21)29-23;1-2/h5-7,9,11-13,15H,8,10H2,1-4H3,(H,25,26,28,29);1H2. The zero-order chi connectivity index (χ0) is 25.4. The van der Waals surface area contributed by atoms with E-state index in [2.05, 4.69) is 67.6 Å². The molecule has 0 spiro atoms. The average Bonchev–Trinajstić information content (AvgIpc) is 3.55. The summed E-state index contributed by atoms with van der Waals surface area (Å²) in [5.74, 6) is 2.52. The Bertz CT molecular complexity index is 1550. The Morgan fingerprint density at radius 2 is 1.94 bits per heavy atom. The first-order valence-corrected chi connectivity index (χ1v) is 11.5. The van der Waals surface area contributed by atoms with Gasteiger partial charge in [0.05, 0.1) is 30.1 Å². The number of anilines is 2. The minimum Gasteiger partial charge on any atom is -0.477 e. The van der Waals surface area contributed by atoms with Gasteiger partial charge in [-0.25, -0.2) is 19.6 Å². The number of nitrogens with zero attached hydrogens (tertiary/aromatic N) is 8. The first-order chi connectivity index (χ1) is 17.5. The molecule has 0 aliphatic carbocycles. The van der Waals surface area contributed by atoms with Crippen LogP contribution in [-0.4, -0.2) is 52.5 Å². The van der Waals surface area contributed by atoms with E-state index < -0.39 is 0 Å². The highest BCUT2D eigenvalue weighted by Crippen LogP contribution is 2.34. The van der Waals surface area contributed by atoms with E-state index in [1.165, 1.54) is 5.69 Å². The molecule has 11 nitrogen and oxygen atoms in total. The fourth-order valence-corrected chi connectivity index (χ4v) is 4.37. The van der Waals surface area contributed by atoms with Gasteiger partial charge in [-0.1, -0.05) is 0 Å². The van der Waals surface area contributed by atoms with E-state index in [-0.39, 0.29) is 6.04 Å². The highest BCUT2D eigenvalue weighted by molar-refractivity contribution is 5.93. The third-order valence-electron chi connectivity index (χ3n) is 6.44. The zero-order valence-electron chi connectivity index (χ0n) is 20.6. The summed E-state index contributed by atoms with van der Waals surface area (Å²) in [6, 6.07) is 8.16. The van der Waals surface area contributed by atoms with Crippen LogP contribution in [0.15, 0.2) is 42.9 Å². The van der Waals surface area contributed by atoms with Crippen molar-refractivity contribution in [2.75, 3.05) is 11.9 Å². The highest BCUT2D eigenvalue weighted by Gasteiger charge is 2.21. The Labute approximate surface area is 207 Å². The predicted molar refractivity (Wildman–Crippen MR) is 136 cm³/mol. The minimum absolute atomic E-state index is 0.0987. The van der Waals surface area contributed by atoms with Gasteiger partial charge in [0.1, 0.15) is 29.7 Å². The van der Waals surface area contributed by atoms with Crippen LogP contribution >= 0.6 is 0 Å². The van der Waals surface area contributed by atoms with Gasteiger partial charge in [-0.2, -0.15) is 10.2 Å². The Balaban J connectivity index is 0.00000130. The van der Waals surface area contributed by atoms with Crippen LogP contribution in [0.25, 0.3) is 33.7 Å². The van der Waals surface area contributed by atoms with Gasteiger partial charge in [0.25, 0.3) is 0 Å². The van der Waals surface area contributed by atoms with Gasteiger partial charge in [0.2, 0.25) is 5.88 Å². The molecule has 1 aliphatic heterocycles. The van der Waals surface area contributed by atoms with Gasteiger partial charge in [-0.05, 0) is 32.0 Å². The number of rotatable bonds is 1. The minimum atomic E-state index is 0.0987. The molecule has 0 aromatic carbocycles. The summed E-state index contributed by atoms with van der Waals surface area (Å²) in [5.41, 5.74) is 4.91. The van der Waals surface area contributed by atoms with Crippen molar-refractivity contribution >= 4 is 29.3 Å². The maximum atomic E-state index is 8.00. The number of aromatic nitrogens is 8. The van der Waals surface area contributed by atoms with Crippen LogP contribution in [0.5, 0.6) is 5.88 Å². The first-order valence-electron chi connectivity index (χ1n) is 11.5. The Morgan fingerprint density at radius 3 is 2.72 bits per heavy atom. The van der Waals surface area contributed by atoms with Gasteiger partial charge in [0.15, 0.2) is 5.82 Å². The number of carbonyl (C=O) groups excluding carboxylic acids is 1. The summed E-state index contributed by atoms with van der Waals surface area (Å²) >= 11 is 0. The lowest BCUT2D eigenvalue weighted by Crippen LogP contribution is -2.13. The fraction of sp³-hybridized carbons (Fsp3) is 0.280. The lowest BCUT2D eigenvalue weighted by Gasteiger charge is -2.16. The van der Waals surface area contributed by atoms with Crippen molar-refractivity contribution in [1.82, 2.24) is 39.1 Å². The largest absolute Gasteiger partial charge is 0.477 e. The summed E-state index contributed by atoms with van der Waals surface area (Å²) in [5, 5.41) is 13.7. The molecule has 6 rings (SSSR count). The summed E-state index contributed by atoms with van der Waals surface area (Å²) in [6.07, 6.45) is 6.09. The van der Waals surface area contributed by atoms with E-state index in [9.17, 15) is 0 Å². The molecule has 1 unspecified atom stereocenters. The number of hydrogen-bond acceptors (Lipinski definition) is 8. The van der Waals surface area contributed by atoms with Crippen LogP contribution in [0.3, 0.4) is 0 Å². The van der Waals surface area contributed by atoms with E-state index >= 15 is 0 Å². The Kier molecular flexibility index (Phi) is 5.96. The van der Waals surface area contributed by atoms with Gasteiger partial charge in [0, 0.05) is 50.1 Å². The molecule has 0 fully saturated rings. The normalized spacial score (nSPS) is 14.8. The van der Waals surface area contributed by atoms with E-state index in [1.807, 2.05) is 32.2 Å². The van der Waals surface area contributed by atoms with Crippen LogP contribution in [0.1, 0.15) is 25.1 Å². The van der Waals surface area contributed by atoms with Crippen molar-refractivity contribution in [3.63, 3.8) is 0 Å². The Morgan fingerprint density at radius 1 is 1.11 bits per heavy atom. The Hall–Kier alpha value is -4.54. The molecule has 5 aromatic heterocycles. The van der Waals surface area contributed by atoms with Crippen molar-refractivity contribution in [3.8, 4) is 28.7 Å². The van der Waals surface area contributed by atoms with Crippen molar-refractivity contribution in [2.45, 2.75) is 26.3 Å². The molecular formula is C25H27N9O2. The molecule has 6 heterocycles. The molecule has 0 saturated heterocycles. The number of aryl methyl sites for hydroxylation is 2. The average molecular weight is 486 g/mol. The van der Waals surface area contributed by atoms with Gasteiger partial charge >= 0.3 is 0 Å². The third kappa shape index (κ3) is 3.88. The summed E-state index contributed by atoms with van der Waals surface area (Å²) < 4.78 is 12.1. The molecule has 11 heteroatoms. The van der Waals surface area contributed by atoms with E-state index in [1.54, 1.807) is 17.1 Å². The first kappa shape index (κ1) is 23.2. The smallest absolute Gasteiger partial charge is 0.222 e. The van der Waals surface area contributed by atoms with Gasteiger partial charge < -0.3 is 19.4 Å². The van der Waals surface area contributed by atoms with Crippen LogP contribution in [0, 0.1) is 6.92 Å². The maximum absolute atomic E-state index is 8.00. The number of nitrogens with one attached hydrogen (secondary N) is 1. The molecule has 1 atom stereocenters. The molecule has 1 aliphatic rings. The topological polar surface area (TPSA) is 118 Å². The number of hydrogen-bond donors (Lipinski definition) is 1. The second-order valence-corrected chi connectivity index (χ2v) is 8.66. The van der Waals surface area contributed by atoms with Crippen molar-refractivity contribution < 1.29 is 9.53 Å². The summed E-state index contributed by atoms with van der Waals surface area (Å²) in [4.78, 5) is 21.8. The summed E-state index contributed by atoms with van der Waals surface area (Å²) in [6.45, 7) is 6.75. The molecule has 0 radical (unpaired) electrons. The van der Waals surface area contributed by atoms with E-state index in [0.717, 1.165) is 34.3 Å². The third-order valence-corrected chi connectivity index (χ3v) is 6.44. The van der Waals surface area contributed by atoms with Crippen molar-refractivity contribution in [1.29, 1.82) is 0 Å². The van der Waals surface area contributed by atoms with E-state index in [4.69, 9.17) is 14.6 Å². The molecule has 5 aromatic rings. The zero-order valence-corrected chi connectivity index (χ0v) is 20.6. The van der Waals surface area contributed by atoms with Crippen LogP contribution in [0.2, 0.25) is 0 Å². The molecule has 4 bridgehead atoms. The SMILES string of the molecule is C=O.Cc1ccc(-c2nn3c4cc(ncc24)Nc2ccnc(n2)-c2cnn(C)c2OCCC3C)n1C. The van der Waals surface area contributed by atoms with Crippen LogP contribution in [0.4, 0.5) is 11.6 Å².